The number of carbonyl (C=O) groups is 1. The Morgan fingerprint density at radius 3 is 2.62 bits per heavy atom. The molecule has 0 aromatic carbocycles. The second-order valence-corrected chi connectivity index (χ2v) is 7.30. The molecule has 0 bridgehead atoms. The van der Waals surface area contributed by atoms with Crippen molar-refractivity contribution in [2.45, 2.75) is 58.5 Å². The van der Waals surface area contributed by atoms with Crippen molar-refractivity contribution in [3.8, 4) is 0 Å². The minimum Gasteiger partial charge on any atom is -0.450 e. The molecule has 9 heteroatoms. The number of aliphatic imine (C=N–C) groups is 1. The number of rotatable bonds is 4. The lowest BCUT2D eigenvalue weighted by Gasteiger charge is -2.32. The molecule has 0 aliphatic carbocycles. The second-order valence-electron chi connectivity index (χ2n) is 7.30. The molecule has 2 N–H and O–H groups in total. The molecule has 1 aromatic rings. The number of aromatic nitrogens is 2. The Morgan fingerprint density at radius 1 is 1.38 bits per heavy atom. The second kappa shape index (κ2) is 8.86. The third-order valence-electron chi connectivity index (χ3n) is 4.11. The minimum atomic E-state index is -0.236. The zero-order valence-electron chi connectivity index (χ0n) is 16.3. The summed E-state index contributed by atoms with van der Waals surface area (Å²) >= 11 is 0. The summed E-state index contributed by atoms with van der Waals surface area (Å²) in [6, 6.07) is 0.252. The van der Waals surface area contributed by atoms with Crippen LogP contribution in [0.4, 0.5) is 4.79 Å². The van der Waals surface area contributed by atoms with Crippen LogP contribution in [-0.4, -0.2) is 59.9 Å². The van der Waals surface area contributed by atoms with Gasteiger partial charge >= 0.3 is 6.09 Å². The van der Waals surface area contributed by atoms with Gasteiger partial charge in [0.1, 0.15) is 0 Å². The molecule has 0 unspecified atom stereocenters. The molecular formula is C17H30N6O3. The van der Waals surface area contributed by atoms with Crippen molar-refractivity contribution in [2.75, 3.05) is 26.7 Å². The molecule has 1 aromatic heterocycles. The number of carbonyl (C=O) groups excluding carboxylic acids is 1. The number of guanidine groups is 1. The Hall–Kier alpha value is -2.32. The molecule has 1 fully saturated rings. The lowest BCUT2D eigenvalue weighted by Crippen LogP contribution is -2.49. The van der Waals surface area contributed by atoms with Gasteiger partial charge in [-0.25, -0.2) is 4.79 Å². The molecular weight excluding hydrogens is 336 g/mol. The first kappa shape index (κ1) is 20.0. The number of hydrogen-bond donors (Lipinski definition) is 2. The summed E-state index contributed by atoms with van der Waals surface area (Å²) in [4.78, 5) is 22.1. The highest BCUT2D eigenvalue weighted by molar-refractivity contribution is 5.79. The van der Waals surface area contributed by atoms with E-state index >= 15 is 0 Å². The molecule has 26 heavy (non-hydrogen) atoms. The summed E-state index contributed by atoms with van der Waals surface area (Å²) in [6.07, 6.45) is 1.45. The topological polar surface area (TPSA) is 105 Å². The smallest absolute Gasteiger partial charge is 0.409 e. The Labute approximate surface area is 154 Å². The van der Waals surface area contributed by atoms with Crippen LogP contribution in [0.3, 0.4) is 0 Å². The lowest BCUT2D eigenvalue weighted by atomic mass is 9.97. The number of likely N-dealkylation sites (tertiary alicyclic amines) is 1. The van der Waals surface area contributed by atoms with Crippen molar-refractivity contribution in [2.24, 2.45) is 4.99 Å². The van der Waals surface area contributed by atoms with Crippen molar-refractivity contribution >= 4 is 12.1 Å². The first-order valence-electron chi connectivity index (χ1n) is 9.05. The first-order valence-corrected chi connectivity index (χ1v) is 9.05. The van der Waals surface area contributed by atoms with Crippen LogP contribution in [0.1, 0.15) is 52.3 Å². The third-order valence-corrected chi connectivity index (χ3v) is 4.11. The number of nitrogens with one attached hydrogen (secondary N) is 2. The van der Waals surface area contributed by atoms with E-state index in [1.54, 1.807) is 11.9 Å². The Morgan fingerprint density at radius 2 is 2.08 bits per heavy atom. The number of nitrogens with zero attached hydrogens (tertiary/aromatic N) is 4. The van der Waals surface area contributed by atoms with Gasteiger partial charge in [-0.15, -0.1) is 0 Å². The summed E-state index contributed by atoms with van der Waals surface area (Å²) in [5, 5.41) is 10.6. The molecule has 0 atom stereocenters. The number of hydrogen-bond acceptors (Lipinski definition) is 6. The summed E-state index contributed by atoms with van der Waals surface area (Å²) in [5.41, 5.74) is -0.169. The van der Waals surface area contributed by atoms with E-state index in [4.69, 9.17) is 9.26 Å². The van der Waals surface area contributed by atoms with E-state index in [1.165, 1.54) is 0 Å². The number of amides is 1. The quantitative estimate of drug-likeness (QED) is 0.616. The zero-order chi connectivity index (χ0) is 19.2. The SMILES string of the molecule is CCOC(=O)N1CCC(NC(=NC)NCc2noc(C(C)(C)C)n2)CC1. The number of ether oxygens (including phenoxy) is 1. The van der Waals surface area contributed by atoms with Gasteiger partial charge in [0, 0.05) is 31.6 Å². The Kier molecular flexibility index (Phi) is 6.82. The molecule has 2 heterocycles. The molecule has 2 rings (SSSR count). The summed E-state index contributed by atoms with van der Waals surface area (Å²) in [5.74, 6) is 1.89. The predicted molar refractivity (Wildman–Crippen MR) is 97.9 cm³/mol. The van der Waals surface area contributed by atoms with Gasteiger partial charge < -0.3 is 24.8 Å². The third kappa shape index (κ3) is 5.60. The fraction of sp³-hybridized carbons (Fsp3) is 0.765. The maximum absolute atomic E-state index is 11.7. The van der Waals surface area contributed by atoms with Crippen molar-refractivity contribution < 1.29 is 14.1 Å². The molecule has 146 valence electrons. The molecule has 1 amide bonds. The molecule has 9 nitrogen and oxygen atoms in total. The monoisotopic (exact) mass is 366 g/mol. The van der Waals surface area contributed by atoms with Gasteiger partial charge in [-0.05, 0) is 19.8 Å². The van der Waals surface area contributed by atoms with Crippen LogP contribution in [0.25, 0.3) is 0 Å². The number of piperidine rings is 1. The van der Waals surface area contributed by atoms with Crippen LogP contribution in [0.2, 0.25) is 0 Å². The fourth-order valence-electron chi connectivity index (χ4n) is 2.60. The molecule has 1 aliphatic heterocycles. The van der Waals surface area contributed by atoms with Gasteiger partial charge in [0.15, 0.2) is 11.8 Å². The highest BCUT2D eigenvalue weighted by Gasteiger charge is 2.24. The van der Waals surface area contributed by atoms with E-state index in [0.717, 1.165) is 12.8 Å². The average Bonchev–Trinajstić information content (AvgIpc) is 3.08. The van der Waals surface area contributed by atoms with Crippen molar-refractivity contribution in [3.05, 3.63) is 11.7 Å². The van der Waals surface area contributed by atoms with Crippen LogP contribution in [0.5, 0.6) is 0 Å². The maximum Gasteiger partial charge on any atom is 0.409 e. The van der Waals surface area contributed by atoms with E-state index in [9.17, 15) is 4.79 Å². The van der Waals surface area contributed by atoms with E-state index in [0.29, 0.717) is 43.9 Å². The molecule has 0 spiro atoms. The fourth-order valence-corrected chi connectivity index (χ4v) is 2.60. The van der Waals surface area contributed by atoms with Gasteiger partial charge in [0.25, 0.3) is 0 Å². The molecule has 0 saturated carbocycles. The standard InChI is InChI=1S/C17H30N6O3/c1-6-25-16(24)23-9-7-12(8-10-23)20-15(18-5)19-11-13-21-14(26-22-13)17(2,3)4/h12H,6-11H2,1-5H3,(H2,18,19,20). The van der Waals surface area contributed by atoms with Crippen LogP contribution in [0.15, 0.2) is 9.52 Å². The maximum atomic E-state index is 11.7. The highest BCUT2D eigenvalue weighted by atomic mass is 16.6. The molecule has 1 aliphatic rings. The van der Waals surface area contributed by atoms with Crippen molar-refractivity contribution in [1.29, 1.82) is 0 Å². The van der Waals surface area contributed by atoms with Crippen LogP contribution in [-0.2, 0) is 16.7 Å². The summed E-state index contributed by atoms with van der Waals surface area (Å²) < 4.78 is 10.3. The highest BCUT2D eigenvalue weighted by Crippen LogP contribution is 2.19. The van der Waals surface area contributed by atoms with Crippen LogP contribution in [0, 0.1) is 0 Å². The minimum absolute atomic E-state index is 0.169. The Balaban J connectivity index is 1.78. The lowest BCUT2D eigenvalue weighted by molar-refractivity contribution is 0.0963. The van der Waals surface area contributed by atoms with Crippen LogP contribution < -0.4 is 10.6 Å². The summed E-state index contributed by atoms with van der Waals surface area (Å²) in [6.45, 7) is 10.1. The molecule has 0 radical (unpaired) electrons. The average molecular weight is 366 g/mol. The zero-order valence-corrected chi connectivity index (χ0v) is 16.3. The predicted octanol–water partition coefficient (Wildman–Crippen LogP) is 1.65. The summed E-state index contributed by atoms with van der Waals surface area (Å²) in [7, 11) is 1.72. The van der Waals surface area contributed by atoms with E-state index in [2.05, 4.69) is 25.8 Å². The van der Waals surface area contributed by atoms with Crippen molar-refractivity contribution in [1.82, 2.24) is 25.7 Å². The van der Waals surface area contributed by atoms with Gasteiger partial charge in [0.05, 0.1) is 13.2 Å². The van der Waals surface area contributed by atoms with E-state index in [1.807, 2.05) is 27.7 Å². The first-order chi connectivity index (χ1) is 12.3. The van der Waals surface area contributed by atoms with E-state index in [-0.39, 0.29) is 17.6 Å². The largest absolute Gasteiger partial charge is 0.450 e. The van der Waals surface area contributed by atoms with Gasteiger partial charge in [-0.1, -0.05) is 25.9 Å². The van der Waals surface area contributed by atoms with Crippen molar-refractivity contribution in [3.63, 3.8) is 0 Å². The van der Waals surface area contributed by atoms with Crippen LogP contribution >= 0.6 is 0 Å². The van der Waals surface area contributed by atoms with Gasteiger partial charge in [0.2, 0.25) is 5.89 Å². The van der Waals surface area contributed by atoms with Gasteiger partial charge in [-0.3, -0.25) is 4.99 Å². The normalized spacial score (nSPS) is 16.5. The Bertz CT molecular complexity index is 614. The van der Waals surface area contributed by atoms with E-state index < -0.39 is 0 Å². The van der Waals surface area contributed by atoms with Gasteiger partial charge in [-0.2, -0.15) is 4.98 Å². The molecule has 1 saturated heterocycles.